The van der Waals surface area contributed by atoms with E-state index in [0.717, 1.165) is 19.4 Å². The van der Waals surface area contributed by atoms with Gasteiger partial charge >= 0.3 is 0 Å². The molecular formula is C14H20N2. The van der Waals surface area contributed by atoms with Crippen molar-refractivity contribution in [3.8, 4) is 6.07 Å². The van der Waals surface area contributed by atoms with Gasteiger partial charge in [0.1, 0.15) is 0 Å². The average molecular weight is 216 g/mol. The van der Waals surface area contributed by atoms with Crippen molar-refractivity contribution in [3.63, 3.8) is 0 Å². The molecule has 1 N–H and O–H groups in total. The van der Waals surface area contributed by atoms with Crippen LogP contribution in [0.15, 0.2) is 30.3 Å². The standard InChI is InChI=1S/C14H20N2/c1-12(2)10-14(11-15)16-9-8-13-6-4-3-5-7-13/h3-7,12,14,16H,8-10H2,1-2H3. The maximum absolute atomic E-state index is 8.96. The fourth-order valence-corrected chi connectivity index (χ4v) is 1.69. The minimum atomic E-state index is -0.0105. The molecule has 0 saturated heterocycles. The smallest absolute Gasteiger partial charge is 0.0955 e. The lowest BCUT2D eigenvalue weighted by atomic mass is 10.0. The lowest BCUT2D eigenvalue weighted by Crippen LogP contribution is -2.30. The minimum Gasteiger partial charge on any atom is -0.302 e. The Balaban J connectivity index is 2.27. The summed E-state index contributed by atoms with van der Waals surface area (Å²) in [6.07, 6.45) is 1.91. The van der Waals surface area contributed by atoms with Crippen molar-refractivity contribution in [2.75, 3.05) is 6.54 Å². The molecule has 0 aliphatic rings. The fraction of sp³-hybridized carbons (Fsp3) is 0.500. The highest BCUT2D eigenvalue weighted by molar-refractivity contribution is 5.14. The number of benzene rings is 1. The quantitative estimate of drug-likeness (QED) is 0.793. The molecular weight excluding hydrogens is 196 g/mol. The van der Waals surface area contributed by atoms with Gasteiger partial charge in [0.05, 0.1) is 12.1 Å². The zero-order valence-electron chi connectivity index (χ0n) is 10.1. The normalized spacial score (nSPS) is 12.4. The van der Waals surface area contributed by atoms with Crippen molar-refractivity contribution in [1.82, 2.24) is 5.32 Å². The summed E-state index contributed by atoms with van der Waals surface area (Å²) in [5.41, 5.74) is 1.32. The van der Waals surface area contributed by atoms with Gasteiger partial charge in [0.15, 0.2) is 0 Å². The third kappa shape index (κ3) is 4.95. The second kappa shape index (κ2) is 7.03. The van der Waals surface area contributed by atoms with E-state index in [1.165, 1.54) is 5.56 Å². The number of rotatable bonds is 6. The predicted molar refractivity (Wildman–Crippen MR) is 67.0 cm³/mol. The molecule has 1 aromatic rings. The number of hydrogen-bond acceptors (Lipinski definition) is 2. The van der Waals surface area contributed by atoms with E-state index >= 15 is 0 Å². The third-order valence-corrected chi connectivity index (χ3v) is 2.51. The lowest BCUT2D eigenvalue weighted by Gasteiger charge is -2.13. The largest absolute Gasteiger partial charge is 0.302 e. The molecule has 0 spiro atoms. The Hall–Kier alpha value is -1.33. The third-order valence-electron chi connectivity index (χ3n) is 2.51. The van der Waals surface area contributed by atoms with E-state index in [-0.39, 0.29) is 6.04 Å². The first-order valence-corrected chi connectivity index (χ1v) is 5.89. The van der Waals surface area contributed by atoms with Crippen LogP contribution in [-0.4, -0.2) is 12.6 Å². The van der Waals surface area contributed by atoms with Crippen molar-refractivity contribution < 1.29 is 0 Å². The summed E-state index contributed by atoms with van der Waals surface area (Å²) in [4.78, 5) is 0. The van der Waals surface area contributed by atoms with Crippen molar-refractivity contribution in [2.24, 2.45) is 5.92 Å². The zero-order valence-corrected chi connectivity index (χ0v) is 10.1. The molecule has 1 rings (SSSR count). The second-order valence-electron chi connectivity index (χ2n) is 4.50. The van der Waals surface area contributed by atoms with Crippen LogP contribution in [0.1, 0.15) is 25.8 Å². The van der Waals surface area contributed by atoms with Gasteiger partial charge in [-0.05, 0) is 24.3 Å². The molecule has 16 heavy (non-hydrogen) atoms. The van der Waals surface area contributed by atoms with Crippen LogP contribution in [0.5, 0.6) is 0 Å². The van der Waals surface area contributed by atoms with Crippen LogP contribution in [-0.2, 0) is 6.42 Å². The molecule has 0 bridgehead atoms. The van der Waals surface area contributed by atoms with Gasteiger partial charge in [0.25, 0.3) is 0 Å². The Morgan fingerprint density at radius 3 is 2.50 bits per heavy atom. The second-order valence-corrected chi connectivity index (χ2v) is 4.50. The molecule has 0 aromatic heterocycles. The van der Waals surface area contributed by atoms with Crippen LogP contribution in [0.25, 0.3) is 0 Å². The molecule has 0 amide bonds. The first kappa shape index (κ1) is 12.7. The van der Waals surface area contributed by atoms with Crippen molar-refractivity contribution in [3.05, 3.63) is 35.9 Å². The van der Waals surface area contributed by atoms with E-state index in [9.17, 15) is 0 Å². The SMILES string of the molecule is CC(C)CC(C#N)NCCc1ccccc1. The van der Waals surface area contributed by atoms with Gasteiger partial charge in [-0.15, -0.1) is 0 Å². The first-order valence-electron chi connectivity index (χ1n) is 5.89. The number of nitriles is 1. The van der Waals surface area contributed by atoms with E-state index in [1.807, 2.05) is 18.2 Å². The van der Waals surface area contributed by atoms with Gasteiger partial charge in [-0.1, -0.05) is 44.2 Å². The van der Waals surface area contributed by atoms with Crippen molar-refractivity contribution in [2.45, 2.75) is 32.7 Å². The monoisotopic (exact) mass is 216 g/mol. The maximum Gasteiger partial charge on any atom is 0.0955 e. The van der Waals surface area contributed by atoms with Crippen LogP contribution in [0, 0.1) is 17.2 Å². The molecule has 0 aliphatic carbocycles. The minimum absolute atomic E-state index is 0.0105. The molecule has 0 radical (unpaired) electrons. The molecule has 1 unspecified atom stereocenters. The van der Waals surface area contributed by atoms with Gasteiger partial charge < -0.3 is 5.32 Å². The van der Waals surface area contributed by atoms with Crippen LogP contribution < -0.4 is 5.32 Å². The van der Waals surface area contributed by atoms with Crippen LogP contribution >= 0.6 is 0 Å². The highest BCUT2D eigenvalue weighted by Gasteiger charge is 2.08. The molecule has 0 aliphatic heterocycles. The molecule has 86 valence electrons. The van der Waals surface area contributed by atoms with E-state index in [4.69, 9.17) is 5.26 Å². The Labute approximate surface area is 98.3 Å². The van der Waals surface area contributed by atoms with E-state index in [1.54, 1.807) is 0 Å². The molecule has 0 fully saturated rings. The summed E-state index contributed by atoms with van der Waals surface area (Å²) in [5, 5.41) is 12.2. The van der Waals surface area contributed by atoms with Gasteiger partial charge in [0, 0.05) is 6.54 Å². The predicted octanol–water partition coefficient (Wildman–Crippen LogP) is 2.76. The lowest BCUT2D eigenvalue weighted by molar-refractivity contribution is 0.481. The summed E-state index contributed by atoms with van der Waals surface area (Å²) in [5.74, 6) is 0.564. The highest BCUT2D eigenvalue weighted by atomic mass is 14.9. The van der Waals surface area contributed by atoms with Crippen LogP contribution in [0.4, 0.5) is 0 Å². The van der Waals surface area contributed by atoms with Gasteiger partial charge in [-0.25, -0.2) is 0 Å². The maximum atomic E-state index is 8.96. The topological polar surface area (TPSA) is 35.8 Å². The number of nitrogens with zero attached hydrogens (tertiary/aromatic N) is 1. The molecule has 0 saturated carbocycles. The van der Waals surface area contributed by atoms with Gasteiger partial charge in [-0.2, -0.15) is 5.26 Å². The van der Waals surface area contributed by atoms with Crippen LogP contribution in [0.3, 0.4) is 0 Å². The fourth-order valence-electron chi connectivity index (χ4n) is 1.69. The van der Waals surface area contributed by atoms with Gasteiger partial charge in [0.2, 0.25) is 0 Å². The van der Waals surface area contributed by atoms with E-state index in [2.05, 4.69) is 37.4 Å². The van der Waals surface area contributed by atoms with Crippen molar-refractivity contribution in [1.29, 1.82) is 5.26 Å². The van der Waals surface area contributed by atoms with Gasteiger partial charge in [-0.3, -0.25) is 0 Å². The zero-order chi connectivity index (χ0) is 11.8. The number of hydrogen-bond donors (Lipinski definition) is 1. The van der Waals surface area contributed by atoms with Crippen LogP contribution in [0.2, 0.25) is 0 Å². The Bertz CT molecular complexity index is 324. The molecule has 2 nitrogen and oxygen atoms in total. The summed E-state index contributed by atoms with van der Waals surface area (Å²) >= 11 is 0. The Morgan fingerprint density at radius 2 is 1.94 bits per heavy atom. The summed E-state index contributed by atoms with van der Waals surface area (Å²) in [6, 6.07) is 12.6. The highest BCUT2D eigenvalue weighted by Crippen LogP contribution is 2.04. The number of nitrogens with one attached hydrogen (secondary N) is 1. The van der Waals surface area contributed by atoms with Crippen molar-refractivity contribution >= 4 is 0 Å². The molecule has 2 heteroatoms. The molecule has 1 atom stereocenters. The Kier molecular flexibility index (Phi) is 5.60. The first-order chi connectivity index (χ1) is 7.72. The van der Waals surface area contributed by atoms with E-state index < -0.39 is 0 Å². The average Bonchev–Trinajstić information content (AvgIpc) is 2.28. The summed E-state index contributed by atoms with van der Waals surface area (Å²) in [6.45, 7) is 5.15. The van der Waals surface area contributed by atoms with E-state index in [0.29, 0.717) is 5.92 Å². The summed E-state index contributed by atoms with van der Waals surface area (Å²) < 4.78 is 0. The molecule has 0 heterocycles. The molecule has 1 aromatic carbocycles. The Morgan fingerprint density at radius 1 is 1.25 bits per heavy atom. The summed E-state index contributed by atoms with van der Waals surface area (Å²) in [7, 11) is 0.